The number of benzene rings is 1. The van der Waals surface area contributed by atoms with Crippen molar-refractivity contribution in [2.45, 2.75) is 25.3 Å². The van der Waals surface area contributed by atoms with Crippen LogP contribution in [0.25, 0.3) is 10.9 Å². The molecule has 1 saturated heterocycles. The summed E-state index contributed by atoms with van der Waals surface area (Å²) in [4.78, 5) is 6.09. The molecule has 0 saturated carbocycles. The van der Waals surface area contributed by atoms with Crippen molar-refractivity contribution in [2.24, 2.45) is 5.16 Å². The summed E-state index contributed by atoms with van der Waals surface area (Å²) >= 11 is 0. The fraction of sp³-hybridized carbons (Fsp3) is 0.400. The van der Waals surface area contributed by atoms with Crippen molar-refractivity contribution in [2.75, 3.05) is 13.1 Å². The summed E-state index contributed by atoms with van der Waals surface area (Å²) in [6.07, 6.45) is 2.85. The first-order valence-corrected chi connectivity index (χ1v) is 6.90. The number of rotatable bonds is 0. The van der Waals surface area contributed by atoms with E-state index in [-0.39, 0.29) is 0 Å². The molecule has 19 heavy (non-hydrogen) atoms. The number of aromatic nitrogens is 1. The van der Waals surface area contributed by atoms with Gasteiger partial charge in [0, 0.05) is 42.5 Å². The van der Waals surface area contributed by atoms with Gasteiger partial charge in [-0.15, -0.1) is 0 Å². The standard InChI is InChI=1S/C15H17N3O/c19-17-10-5-7-18-8-6-12-11-3-1-2-4-13(11)16-15(12)14(18)9-10/h1-4,14,16,19H,5-9H2/b17-10-/t14-/m1/s1. The van der Waals surface area contributed by atoms with E-state index in [1.165, 1.54) is 22.2 Å². The minimum absolute atomic E-state index is 0.357. The molecule has 4 nitrogen and oxygen atoms in total. The van der Waals surface area contributed by atoms with E-state index in [2.05, 4.69) is 39.3 Å². The van der Waals surface area contributed by atoms with E-state index in [0.29, 0.717) is 6.04 Å². The van der Waals surface area contributed by atoms with Crippen molar-refractivity contribution >= 4 is 16.6 Å². The number of H-pyrrole nitrogens is 1. The van der Waals surface area contributed by atoms with Gasteiger partial charge in [0.05, 0.1) is 11.8 Å². The number of para-hydroxylation sites is 1. The van der Waals surface area contributed by atoms with E-state index in [0.717, 1.165) is 38.1 Å². The Hall–Kier alpha value is -1.81. The molecule has 1 atom stereocenters. The number of nitrogens with zero attached hydrogens (tertiary/aromatic N) is 2. The average Bonchev–Trinajstić information content (AvgIpc) is 2.85. The number of hydrogen-bond donors (Lipinski definition) is 2. The SMILES string of the molecule is O/N=C1/CCN2CCc3c([nH]c4ccccc34)[C@H]2C1. The zero-order valence-corrected chi connectivity index (χ0v) is 10.8. The number of fused-ring (bicyclic) bond motifs is 5. The maximum Gasteiger partial charge on any atom is 0.0603 e. The summed E-state index contributed by atoms with van der Waals surface area (Å²) in [5.41, 5.74) is 4.93. The Balaban J connectivity index is 1.84. The Bertz CT molecular complexity index is 658. The van der Waals surface area contributed by atoms with E-state index < -0.39 is 0 Å². The largest absolute Gasteiger partial charge is 0.411 e. The molecule has 1 aromatic carbocycles. The molecular formula is C15H17N3O. The maximum absolute atomic E-state index is 9.03. The highest BCUT2D eigenvalue weighted by Crippen LogP contribution is 2.38. The molecule has 1 aromatic heterocycles. The van der Waals surface area contributed by atoms with Gasteiger partial charge in [-0.3, -0.25) is 4.90 Å². The molecule has 0 radical (unpaired) electrons. The molecule has 2 N–H and O–H groups in total. The van der Waals surface area contributed by atoms with Crippen molar-refractivity contribution in [3.63, 3.8) is 0 Å². The summed E-state index contributed by atoms with van der Waals surface area (Å²) in [6.45, 7) is 2.11. The van der Waals surface area contributed by atoms with E-state index in [9.17, 15) is 0 Å². The third-order valence-electron chi connectivity index (χ3n) is 4.53. The topological polar surface area (TPSA) is 51.6 Å². The first kappa shape index (κ1) is 11.1. The van der Waals surface area contributed by atoms with Gasteiger partial charge >= 0.3 is 0 Å². The first-order chi connectivity index (χ1) is 9.36. The Morgan fingerprint density at radius 3 is 2.95 bits per heavy atom. The van der Waals surface area contributed by atoms with Crippen LogP contribution in [0.5, 0.6) is 0 Å². The van der Waals surface area contributed by atoms with Crippen LogP contribution in [0.4, 0.5) is 0 Å². The Morgan fingerprint density at radius 1 is 1.21 bits per heavy atom. The van der Waals surface area contributed by atoms with Crippen molar-refractivity contribution in [1.29, 1.82) is 0 Å². The summed E-state index contributed by atoms with van der Waals surface area (Å²) in [7, 11) is 0. The normalized spacial score (nSPS) is 25.5. The smallest absolute Gasteiger partial charge is 0.0603 e. The van der Waals surface area contributed by atoms with Gasteiger partial charge in [0.1, 0.15) is 0 Å². The molecule has 98 valence electrons. The van der Waals surface area contributed by atoms with Crippen molar-refractivity contribution in [1.82, 2.24) is 9.88 Å². The fourth-order valence-electron chi connectivity index (χ4n) is 3.56. The van der Waals surface area contributed by atoms with Crippen LogP contribution >= 0.6 is 0 Å². The minimum atomic E-state index is 0.357. The number of piperidine rings is 1. The second-order valence-corrected chi connectivity index (χ2v) is 5.48. The van der Waals surface area contributed by atoms with Gasteiger partial charge in [-0.1, -0.05) is 23.4 Å². The highest BCUT2D eigenvalue weighted by atomic mass is 16.4. The second-order valence-electron chi connectivity index (χ2n) is 5.48. The number of oxime groups is 1. The molecule has 0 unspecified atom stereocenters. The molecule has 0 bridgehead atoms. The van der Waals surface area contributed by atoms with Gasteiger partial charge in [0.2, 0.25) is 0 Å². The molecule has 0 amide bonds. The van der Waals surface area contributed by atoms with Gasteiger partial charge < -0.3 is 10.2 Å². The van der Waals surface area contributed by atoms with Gasteiger partial charge in [-0.05, 0) is 18.1 Å². The predicted octanol–water partition coefficient (Wildman–Crippen LogP) is 2.69. The third kappa shape index (κ3) is 1.60. The molecule has 4 heteroatoms. The van der Waals surface area contributed by atoms with E-state index in [4.69, 9.17) is 5.21 Å². The summed E-state index contributed by atoms with van der Waals surface area (Å²) < 4.78 is 0. The van der Waals surface area contributed by atoms with Crippen molar-refractivity contribution in [3.05, 3.63) is 35.5 Å². The van der Waals surface area contributed by atoms with Crippen LogP contribution in [0.15, 0.2) is 29.4 Å². The molecule has 4 rings (SSSR count). The third-order valence-corrected chi connectivity index (χ3v) is 4.53. The van der Waals surface area contributed by atoms with Crippen LogP contribution in [0.1, 0.15) is 30.1 Å². The number of aromatic amines is 1. The lowest BCUT2D eigenvalue weighted by Crippen LogP contribution is -2.41. The van der Waals surface area contributed by atoms with Gasteiger partial charge in [-0.25, -0.2) is 0 Å². The van der Waals surface area contributed by atoms with Crippen LogP contribution in [0.3, 0.4) is 0 Å². The van der Waals surface area contributed by atoms with Crippen LogP contribution < -0.4 is 0 Å². The van der Waals surface area contributed by atoms with Gasteiger partial charge in [0.15, 0.2) is 0 Å². The van der Waals surface area contributed by atoms with Crippen LogP contribution in [-0.4, -0.2) is 33.9 Å². The van der Waals surface area contributed by atoms with Gasteiger partial charge in [0.25, 0.3) is 0 Å². The first-order valence-electron chi connectivity index (χ1n) is 6.90. The molecule has 0 spiro atoms. The lowest BCUT2D eigenvalue weighted by atomic mass is 9.90. The minimum Gasteiger partial charge on any atom is -0.411 e. The Labute approximate surface area is 111 Å². The number of hydrogen-bond acceptors (Lipinski definition) is 3. The fourth-order valence-corrected chi connectivity index (χ4v) is 3.56. The number of nitrogens with one attached hydrogen (secondary N) is 1. The zero-order valence-electron chi connectivity index (χ0n) is 10.8. The summed E-state index contributed by atoms with van der Waals surface area (Å²) in [6, 6.07) is 8.87. The monoisotopic (exact) mass is 255 g/mol. The molecule has 3 heterocycles. The van der Waals surface area contributed by atoms with Crippen molar-refractivity contribution < 1.29 is 5.21 Å². The highest BCUT2D eigenvalue weighted by molar-refractivity contribution is 5.88. The van der Waals surface area contributed by atoms with Gasteiger partial charge in [-0.2, -0.15) is 0 Å². The molecule has 2 aliphatic rings. The van der Waals surface area contributed by atoms with E-state index in [1.54, 1.807) is 0 Å². The van der Waals surface area contributed by atoms with Crippen molar-refractivity contribution in [3.8, 4) is 0 Å². The lowest BCUT2D eigenvalue weighted by Gasteiger charge is -2.39. The average molecular weight is 255 g/mol. The predicted molar refractivity (Wildman–Crippen MR) is 74.8 cm³/mol. The second kappa shape index (κ2) is 4.10. The molecule has 2 aromatic rings. The summed E-state index contributed by atoms with van der Waals surface area (Å²) in [5, 5.41) is 13.8. The molecule has 1 fully saturated rings. The van der Waals surface area contributed by atoms with Crippen LogP contribution in [-0.2, 0) is 6.42 Å². The molecule has 2 aliphatic heterocycles. The maximum atomic E-state index is 9.03. The summed E-state index contributed by atoms with van der Waals surface area (Å²) in [5.74, 6) is 0. The molecule has 0 aliphatic carbocycles. The quantitative estimate of drug-likeness (QED) is 0.561. The van der Waals surface area contributed by atoms with E-state index >= 15 is 0 Å². The van der Waals surface area contributed by atoms with E-state index in [1.807, 2.05) is 0 Å². The zero-order chi connectivity index (χ0) is 12.8. The van der Waals surface area contributed by atoms with Crippen LogP contribution in [0.2, 0.25) is 0 Å². The molecular weight excluding hydrogens is 238 g/mol. The lowest BCUT2D eigenvalue weighted by molar-refractivity contribution is 0.174. The Morgan fingerprint density at radius 2 is 2.05 bits per heavy atom. The van der Waals surface area contributed by atoms with Crippen LogP contribution in [0, 0.1) is 0 Å². The highest BCUT2D eigenvalue weighted by Gasteiger charge is 2.34. The Kier molecular flexibility index (Phi) is 2.38.